The summed E-state index contributed by atoms with van der Waals surface area (Å²) >= 11 is 0. The maximum Gasteiger partial charge on any atom is 0.257 e. The topological polar surface area (TPSA) is 76.7 Å². The fourth-order valence-corrected chi connectivity index (χ4v) is 3.03. The minimum Gasteiger partial charge on any atom is -0.497 e. The van der Waals surface area contributed by atoms with Crippen LogP contribution in [0.15, 0.2) is 66.7 Å². The molecule has 2 amide bonds. The maximum atomic E-state index is 13.8. The molecule has 160 valence electrons. The molecule has 0 aromatic heterocycles. The van der Waals surface area contributed by atoms with E-state index in [0.29, 0.717) is 34.7 Å². The summed E-state index contributed by atoms with van der Waals surface area (Å²) in [5, 5.41) is 5.56. The molecule has 3 rings (SSSR count). The van der Waals surface area contributed by atoms with Crippen molar-refractivity contribution in [1.82, 2.24) is 0 Å². The summed E-state index contributed by atoms with van der Waals surface area (Å²) in [5.41, 5.74) is 1.98. The summed E-state index contributed by atoms with van der Waals surface area (Å²) in [6.45, 7) is 0. The molecule has 0 aliphatic rings. The lowest BCUT2D eigenvalue weighted by molar-refractivity contribution is -0.116. The molecule has 0 unspecified atom stereocenters. The first-order valence-electron chi connectivity index (χ1n) is 9.67. The fourth-order valence-electron chi connectivity index (χ4n) is 3.03. The number of amides is 2. The largest absolute Gasteiger partial charge is 0.497 e. The molecule has 6 nitrogen and oxygen atoms in total. The Morgan fingerprint density at radius 1 is 0.903 bits per heavy atom. The van der Waals surface area contributed by atoms with Gasteiger partial charge in [0.15, 0.2) is 11.6 Å². The number of carbonyl (C=O) groups excluding carboxylic acids is 2. The lowest BCUT2D eigenvalue weighted by Crippen LogP contribution is -2.18. The molecule has 0 aliphatic carbocycles. The molecule has 7 heteroatoms. The normalized spacial score (nSPS) is 10.3. The zero-order valence-corrected chi connectivity index (χ0v) is 17.3. The highest BCUT2D eigenvalue weighted by Gasteiger charge is 2.14. The lowest BCUT2D eigenvalue weighted by atomic mass is 10.1. The fraction of sp³-hybridized carbons (Fsp3) is 0.167. The zero-order valence-electron chi connectivity index (χ0n) is 17.3. The summed E-state index contributed by atoms with van der Waals surface area (Å²) in [6.07, 6.45) is 0.489. The van der Waals surface area contributed by atoms with Gasteiger partial charge in [0, 0.05) is 18.2 Å². The first kappa shape index (κ1) is 21.8. The second kappa shape index (κ2) is 10.2. The van der Waals surface area contributed by atoms with Gasteiger partial charge in [0.25, 0.3) is 5.91 Å². The molecule has 0 fully saturated rings. The van der Waals surface area contributed by atoms with Crippen molar-refractivity contribution in [3.8, 4) is 11.5 Å². The number of aryl methyl sites for hydroxylation is 1. The molecule has 3 aromatic rings. The van der Waals surface area contributed by atoms with Gasteiger partial charge in [-0.25, -0.2) is 4.39 Å². The molecule has 0 radical (unpaired) electrons. The monoisotopic (exact) mass is 422 g/mol. The number of nitrogens with one attached hydrogen (secondary N) is 2. The Kier molecular flexibility index (Phi) is 7.22. The van der Waals surface area contributed by atoms with Crippen LogP contribution < -0.4 is 20.1 Å². The molecule has 0 spiro atoms. The van der Waals surface area contributed by atoms with E-state index in [0.717, 1.165) is 0 Å². The van der Waals surface area contributed by atoms with Crippen LogP contribution in [0.5, 0.6) is 11.5 Å². The highest BCUT2D eigenvalue weighted by Crippen LogP contribution is 2.21. The molecule has 0 saturated carbocycles. The van der Waals surface area contributed by atoms with Crippen molar-refractivity contribution in [2.45, 2.75) is 12.8 Å². The number of carbonyl (C=O) groups is 2. The first-order chi connectivity index (χ1) is 15.0. The number of hydrogen-bond acceptors (Lipinski definition) is 4. The van der Waals surface area contributed by atoms with Gasteiger partial charge >= 0.3 is 0 Å². The average molecular weight is 422 g/mol. The number of halogens is 1. The Morgan fingerprint density at radius 3 is 2.45 bits per heavy atom. The minimum atomic E-state index is -0.472. The highest BCUT2D eigenvalue weighted by atomic mass is 19.1. The average Bonchev–Trinajstić information content (AvgIpc) is 2.78. The van der Waals surface area contributed by atoms with Gasteiger partial charge in [0.1, 0.15) is 5.75 Å². The molecule has 0 atom stereocenters. The van der Waals surface area contributed by atoms with Crippen molar-refractivity contribution < 1.29 is 23.5 Å². The molecule has 0 saturated heterocycles. The Hall–Kier alpha value is -3.87. The number of benzene rings is 3. The first-order valence-corrected chi connectivity index (χ1v) is 9.67. The van der Waals surface area contributed by atoms with Gasteiger partial charge in [-0.3, -0.25) is 9.59 Å². The predicted molar refractivity (Wildman–Crippen MR) is 117 cm³/mol. The highest BCUT2D eigenvalue weighted by molar-refractivity contribution is 6.10. The predicted octanol–water partition coefficient (Wildman–Crippen LogP) is 4.67. The second-order valence-corrected chi connectivity index (χ2v) is 6.75. The lowest BCUT2D eigenvalue weighted by Gasteiger charge is -2.12. The molecule has 0 bridgehead atoms. The van der Waals surface area contributed by atoms with E-state index in [1.54, 1.807) is 61.7 Å². The van der Waals surface area contributed by atoms with Gasteiger partial charge in [-0.15, -0.1) is 0 Å². The molecule has 31 heavy (non-hydrogen) atoms. The van der Waals surface area contributed by atoms with E-state index in [2.05, 4.69) is 10.6 Å². The van der Waals surface area contributed by atoms with Crippen LogP contribution in [0.3, 0.4) is 0 Å². The van der Waals surface area contributed by atoms with Crippen LogP contribution in [0.2, 0.25) is 0 Å². The van der Waals surface area contributed by atoms with E-state index >= 15 is 0 Å². The van der Waals surface area contributed by atoms with Gasteiger partial charge in [-0.2, -0.15) is 0 Å². The van der Waals surface area contributed by atoms with Gasteiger partial charge in [-0.05, 0) is 48.4 Å². The van der Waals surface area contributed by atoms with Gasteiger partial charge in [0.2, 0.25) is 5.91 Å². The SMILES string of the molecule is COc1cccc(NC(=O)c2ccccc2NC(=O)CCc2ccc(OC)c(F)c2)c1. The van der Waals surface area contributed by atoms with Crippen molar-refractivity contribution in [3.05, 3.63) is 83.7 Å². The van der Waals surface area contributed by atoms with Gasteiger partial charge in [-0.1, -0.05) is 24.3 Å². The van der Waals surface area contributed by atoms with Crippen molar-refractivity contribution >= 4 is 23.2 Å². The molecular formula is C24H23FN2O4. The molecule has 2 N–H and O–H groups in total. The number of anilines is 2. The quantitative estimate of drug-likeness (QED) is 0.553. The van der Waals surface area contributed by atoms with Crippen molar-refractivity contribution in [2.24, 2.45) is 0 Å². The summed E-state index contributed by atoms with van der Waals surface area (Å²) in [5.74, 6) is -0.335. The van der Waals surface area contributed by atoms with Crippen LogP contribution in [-0.4, -0.2) is 26.0 Å². The Labute approximate surface area is 180 Å². The van der Waals surface area contributed by atoms with Crippen LogP contribution in [0.25, 0.3) is 0 Å². The zero-order chi connectivity index (χ0) is 22.2. The van der Waals surface area contributed by atoms with Crippen LogP contribution in [0.4, 0.5) is 15.8 Å². The third-order valence-electron chi connectivity index (χ3n) is 4.63. The van der Waals surface area contributed by atoms with E-state index in [1.165, 1.54) is 19.2 Å². The third-order valence-corrected chi connectivity index (χ3v) is 4.63. The van der Waals surface area contributed by atoms with E-state index in [9.17, 15) is 14.0 Å². The number of rotatable bonds is 8. The summed E-state index contributed by atoms with van der Waals surface area (Å²) in [4.78, 5) is 25.2. The van der Waals surface area contributed by atoms with Crippen LogP contribution in [0, 0.1) is 5.82 Å². The van der Waals surface area contributed by atoms with E-state index in [4.69, 9.17) is 9.47 Å². The Bertz CT molecular complexity index is 1080. The summed E-state index contributed by atoms with van der Waals surface area (Å²) in [6, 6.07) is 18.3. The summed E-state index contributed by atoms with van der Waals surface area (Å²) in [7, 11) is 2.94. The van der Waals surface area contributed by atoms with Crippen molar-refractivity contribution in [1.29, 1.82) is 0 Å². The molecule has 0 heterocycles. The van der Waals surface area contributed by atoms with Gasteiger partial charge < -0.3 is 20.1 Å². The molecule has 3 aromatic carbocycles. The van der Waals surface area contributed by atoms with E-state index in [1.807, 2.05) is 0 Å². The minimum absolute atomic E-state index is 0.137. The Balaban J connectivity index is 1.64. The maximum absolute atomic E-state index is 13.8. The number of methoxy groups -OCH3 is 2. The van der Waals surface area contributed by atoms with Gasteiger partial charge in [0.05, 0.1) is 25.5 Å². The van der Waals surface area contributed by atoms with Crippen LogP contribution >= 0.6 is 0 Å². The number of para-hydroxylation sites is 1. The Morgan fingerprint density at radius 2 is 1.71 bits per heavy atom. The van der Waals surface area contributed by atoms with Crippen molar-refractivity contribution in [3.63, 3.8) is 0 Å². The van der Waals surface area contributed by atoms with Crippen LogP contribution in [0.1, 0.15) is 22.3 Å². The second-order valence-electron chi connectivity index (χ2n) is 6.75. The number of hydrogen-bond donors (Lipinski definition) is 2. The van der Waals surface area contributed by atoms with Crippen molar-refractivity contribution in [2.75, 3.05) is 24.9 Å². The molecule has 0 aliphatic heterocycles. The summed E-state index contributed by atoms with van der Waals surface area (Å²) < 4.78 is 23.9. The standard InChI is InChI=1S/C24H23FN2O4/c1-30-18-7-5-6-17(15-18)26-24(29)19-8-3-4-9-21(19)27-23(28)13-11-16-10-12-22(31-2)20(25)14-16/h3-10,12,14-15H,11,13H2,1-2H3,(H,26,29)(H,27,28). The smallest absolute Gasteiger partial charge is 0.257 e. The third kappa shape index (κ3) is 5.82. The number of ether oxygens (including phenoxy) is 2. The van der Waals surface area contributed by atoms with E-state index < -0.39 is 5.82 Å². The van der Waals surface area contributed by atoms with Crippen LogP contribution in [-0.2, 0) is 11.2 Å². The van der Waals surface area contributed by atoms with E-state index in [-0.39, 0.29) is 24.0 Å². The molecular weight excluding hydrogens is 399 g/mol.